The third kappa shape index (κ3) is 10.4. The van der Waals surface area contributed by atoms with Crippen LogP contribution < -0.4 is 5.32 Å². The van der Waals surface area contributed by atoms with Crippen molar-refractivity contribution in [3.8, 4) is 0 Å². The molecule has 4 nitrogen and oxygen atoms in total. The number of hydrogen-bond donors (Lipinski definition) is 1. The molecule has 0 radical (unpaired) electrons. The van der Waals surface area contributed by atoms with E-state index >= 15 is 0 Å². The highest BCUT2D eigenvalue weighted by atomic mass is 16.7. The number of carbonyl (C=O) groups excluding carboxylic acids is 1. The summed E-state index contributed by atoms with van der Waals surface area (Å²) in [6.07, 6.45) is 18.9. The maximum Gasteiger partial charge on any atom is 0.220 e. The van der Waals surface area contributed by atoms with E-state index in [2.05, 4.69) is 76.2 Å². The van der Waals surface area contributed by atoms with Gasteiger partial charge in [-0.1, -0.05) is 115 Å². The summed E-state index contributed by atoms with van der Waals surface area (Å²) in [5, 5.41) is 5.71. The van der Waals surface area contributed by atoms with Crippen molar-refractivity contribution in [3.63, 3.8) is 0 Å². The van der Waals surface area contributed by atoms with Crippen LogP contribution in [0, 0.1) is 0 Å². The van der Waals surface area contributed by atoms with Gasteiger partial charge < -0.3 is 5.32 Å². The van der Waals surface area contributed by atoms with Gasteiger partial charge in [0.25, 0.3) is 0 Å². The number of unbranched alkanes of at least 4 members (excludes halogenated alkanes) is 10. The lowest BCUT2D eigenvalue weighted by molar-refractivity contribution is -0.316. The largest absolute Gasteiger partial charge is 0.353 e. The number of amides is 1. The van der Waals surface area contributed by atoms with Crippen LogP contribution in [-0.4, -0.2) is 28.1 Å². The fraction of sp³-hybridized carbons (Fsp3) is 0.788. The molecule has 0 saturated carbocycles. The molecule has 2 unspecified atom stereocenters. The molecule has 1 N–H and O–H groups in total. The molecule has 1 aromatic carbocycles. The lowest BCUT2D eigenvalue weighted by Crippen LogP contribution is -2.66. The van der Waals surface area contributed by atoms with Gasteiger partial charge in [-0.3, -0.25) is 9.63 Å². The van der Waals surface area contributed by atoms with Crippen molar-refractivity contribution in [2.24, 2.45) is 0 Å². The normalized spacial score (nSPS) is 20.0. The number of hydroxylamine groups is 2. The minimum absolute atomic E-state index is 0.00912. The standard InChI is InChI=1S/C33H58N2O2/c1-7-10-11-12-13-14-15-16-17-18-22-25-31(36)34-30-26-32(5,6)35(33(8-2,9-3)27-30)37-28(4)29-23-20-19-21-24-29/h19-21,23-24,28,30H,7-18,22,25-27H2,1-6H3,(H,34,36). The molecule has 2 atom stereocenters. The fourth-order valence-electron chi connectivity index (χ4n) is 6.32. The number of nitrogens with zero attached hydrogens (tertiary/aromatic N) is 1. The van der Waals surface area contributed by atoms with Gasteiger partial charge in [-0.15, -0.1) is 0 Å². The molecule has 212 valence electrons. The molecule has 1 saturated heterocycles. The molecule has 1 amide bonds. The van der Waals surface area contributed by atoms with Crippen LogP contribution in [0.4, 0.5) is 0 Å². The smallest absolute Gasteiger partial charge is 0.220 e. The van der Waals surface area contributed by atoms with Gasteiger partial charge in [0.1, 0.15) is 6.10 Å². The van der Waals surface area contributed by atoms with E-state index in [4.69, 9.17) is 4.84 Å². The molecule has 1 heterocycles. The second-order valence-corrected chi connectivity index (χ2v) is 12.2. The first-order valence-electron chi connectivity index (χ1n) is 15.6. The highest BCUT2D eigenvalue weighted by Gasteiger charge is 2.50. The summed E-state index contributed by atoms with van der Waals surface area (Å²) in [5.41, 5.74) is 0.947. The van der Waals surface area contributed by atoms with Crippen LogP contribution in [0.3, 0.4) is 0 Å². The molecule has 1 aliphatic rings. The molecule has 0 spiro atoms. The Morgan fingerprint density at radius 1 is 0.892 bits per heavy atom. The Balaban J connectivity index is 1.79. The molecular weight excluding hydrogens is 456 g/mol. The first-order valence-corrected chi connectivity index (χ1v) is 15.6. The van der Waals surface area contributed by atoms with Crippen LogP contribution in [0.2, 0.25) is 0 Å². The summed E-state index contributed by atoms with van der Waals surface area (Å²) in [4.78, 5) is 19.6. The maximum atomic E-state index is 12.9. The van der Waals surface area contributed by atoms with Crippen molar-refractivity contribution in [3.05, 3.63) is 35.9 Å². The molecule has 0 bridgehead atoms. The minimum Gasteiger partial charge on any atom is -0.353 e. The van der Waals surface area contributed by atoms with E-state index in [-0.39, 0.29) is 29.1 Å². The highest BCUT2D eigenvalue weighted by molar-refractivity contribution is 5.76. The van der Waals surface area contributed by atoms with Crippen molar-refractivity contribution in [1.29, 1.82) is 0 Å². The summed E-state index contributed by atoms with van der Waals surface area (Å²) in [6, 6.07) is 10.7. The Labute approximate surface area is 229 Å². The van der Waals surface area contributed by atoms with E-state index in [1.54, 1.807) is 0 Å². The lowest BCUT2D eigenvalue weighted by atomic mass is 9.74. The Kier molecular flexibility index (Phi) is 14.2. The van der Waals surface area contributed by atoms with E-state index in [0.717, 1.165) is 32.1 Å². The SMILES string of the molecule is CCCCCCCCCCCCCC(=O)NC1CC(C)(C)N(OC(C)c2ccccc2)C(CC)(CC)C1. The van der Waals surface area contributed by atoms with Gasteiger partial charge in [0.05, 0.1) is 0 Å². The zero-order valence-electron chi connectivity index (χ0n) is 25.1. The van der Waals surface area contributed by atoms with Crippen LogP contribution >= 0.6 is 0 Å². The summed E-state index contributed by atoms with van der Waals surface area (Å²) < 4.78 is 0. The molecule has 4 heteroatoms. The average molecular weight is 515 g/mol. The second kappa shape index (κ2) is 16.5. The Hall–Kier alpha value is -1.39. The predicted molar refractivity (Wildman–Crippen MR) is 157 cm³/mol. The zero-order valence-corrected chi connectivity index (χ0v) is 25.1. The van der Waals surface area contributed by atoms with Crippen LogP contribution in [0.15, 0.2) is 30.3 Å². The zero-order chi connectivity index (χ0) is 27.2. The number of rotatable bonds is 18. The minimum atomic E-state index is -0.165. The van der Waals surface area contributed by atoms with Crippen LogP contribution in [-0.2, 0) is 9.63 Å². The van der Waals surface area contributed by atoms with Gasteiger partial charge >= 0.3 is 0 Å². The van der Waals surface area contributed by atoms with E-state index in [9.17, 15) is 4.79 Å². The molecule has 1 fully saturated rings. The molecule has 0 aromatic heterocycles. The predicted octanol–water partition coefficient (Wildman–Crippen LogP) is 9.30. The molecule has 0 aliphatic carbocycles. The summed E-state index contributed by atoms with van der Waals surface area (Å²) >= 11 is 0. The van der Waals surface area contributed by atoms with Crippen molar-refractivity contribution < 1.29 is 9.63 Å². The number of carbonyl (C=O) groups is 1. The van der Waals surface area contributed by atoms with Crippen molar-refractivity contribution in [2.45, 2.75) is 167 Å². The van der Waals surface area contributed by atoms with Gasteiger partial charge in [-0.05, 0) is 58.4 Å². The summed E-state index contributed by atoms with van der Waals surface area (Å²) in [6.45, 7) is 13.5. The fourth-order valence-corrected chi connectivity index (χ4v) is 6.32. The Morgan fingerprint density at radius 2 is 1.43 bits per heavy atom. The van der Waals surface area contributed by atoms with E-state index in [0.29, 0.717) is 6.42 Å². The van der Waals surface area contributed by atoms with Gasteiger partial charge in [-0.25, -0.2) is 0 Å². The third-order valence-electron chi connectivity index (χ3n) is 8.57. The summed E-state index contributed by atoms with van der Waals surface area (Å²) in [5.74, 6) is 0.227. The molecule has 37 heavy (non-hydrogen) atoms. The first kappa shape index (κ1) is 31.8. The van der Waals surface area contributed by atoms with E-state index in [1.165, 1.54) is 69.8 Å². The van der Waals surface area contributed by atoms with E-state index < -0.39 is 0 Å². The number of benzene rings is 1. The third-order valence-corrected chi connectivity index (χ3v) is 8.57. The summed E-state index contributed by atoms with van der Waals surface area (Å²) in [7, 11) is 0. The lowest BCUT2D eigenvalue weighted by Gasteiger charge is -2.57. The number of piperidine rings is 1. The molecule has 2 rings (SSSR count). The van der Waals surface area contributed by atoms with Crippen molar-refractivity contribution >= 4 is 5.91 Å². The monoisotopic (exact) mass is 514 g/mol. The molecular formula is C33H58N2O2. The number of nitrogens with one attached hydrogen (secondary N) is 1. The number of hydrogen-bond acceptors (Lipinski definition) is 3. The molecule has 1 aromatic rings. The quantitative estimate of drug-likeness (QED) is 0.198. The first-order chi connectivity index (χ1) is 17.8. The average Bonchev–Trinajstić information content (AvgIpc) is 2.88. The van der Waals surface area contributed by atoms with Gasteiger partial charge in [-0.2, -0.15) is 5.06 Å². The van der Waals surface area contributed by atoms with Crippen molar-refractivity contribution in [1.82, 2.24) is 10.4 Å². The topological polar surface area (TPSA) is 41.6 Å². The van der Waals surface area contributed by atoms with Crippen LogP contribution in [0.1, 0.15) is 156 Å². The van der Waals surface area contributed by atoms with Crippen LogP contribution in [0.5, 0.6) is 0 Å². The second-order valence-electron chi connectivity index (χ2n) is 12.2. The highest BCUT2D eigenvalue weighted by Crippen LogP contribution is 2.44. The van der Waals surface area contributed by atoms with Crippen LogP contribution in [0.25, 0.3) is 0 Å². The van der Waals surface area contributed by atoms with E-state index in [1.807, 2.05) is 6.07 Å². The van der Waals surface area contributed by atoms with Crippen molar-refractivity contribution in [2.75, 3.05) is 0 Å². The maximum absolute atomic E-state index is 12.9. The van der Waals surface area contributed by atoms with Gasteiger partial charge in [0.15, 0.2) is 0 Å². The Bertz CT molecular complexity index is 744. The Morgan fingerprint density at radius 3 is 1.97 bits per heavy atom. The van der Waals surface area contributed by atoms with Gasteiger partial charge in [0.2, 0.25) is 5.91 Å². The molecule has 1 aliphatic heterocycles. The van der Waals surface area contributed by atoms with Gasteiger partial charge in [0, 0.05) is 23.5 Å².